The van der Waals surface area contributed by atoms with Gasteiger partial charge in [-0.2, -0.15) is 0 Å². The van der Waals surface area contributed by atoms with Gasteiger partial charge in [0.1, 0.15) is 0 Å². The number of hydrogen-bond donors (Lipinski definition) is 2. The fourth-order valence-corrected chi connectivity index (χ4v) is 1.19. The molecule has 0 aliphatic carbocycles. The predicted molar refractivity (Wildman–Crippen MR) is 66.8 cm³/mol. The first-order valence-electron chi connectivity index (χ1n) is 5.23. The average molecular weight is 253 g/mol. The van der Waals surface area contributed by atoms with E-state index in [4.69, 9.17) is 0 Å². The second-order valence-corrected chi connectivity index (χ2v) is 3.34. The number of anilines is 1. The first kappa shape index (κ1) is 13.6. The van der Waals surface area contributed by atoms with E-state index in [1.54, 1.807) is 18.5 Å². The maximum absolute atomic E-state index is 10.2. The van der Waals surface area contributed by atoms with Crippen LogP contribution in [0.1, 0.15) is 0 Å². The highest BCUT2D eigenvalue weighted by Gasteiger charge is 2.05. The minimum atomic E-state index is -0.667. The number of hydrazine groups is 1. The summed E-state index contributed by atoms with van der Waals surface area (Å²) in [5.41, 5.74) is 1.95. The van der Waals surface area contributed by atoms with Gasteiger partial charge in [-0.1, -0.05) is 5.43 Å². The van der Waals surface area contributed by atoms with Gasteiger partial charge in [0.25, 0.3) is 5.96 Å². The molecule has 2 N–H and O–H groups in total. The van der Waals surface area contributed by atoms with E-state index in [9.17, 15) is 10.1 Å². The number of nitrogens with zero attached hydrogens (tertiary/aromatic N) is 5. The Morgan fingerprint density at radius 2 is 2.22 bits per heavy atom. The van der Waals surface area contributed by atoms with Crippen molar-refractivity contribution >= 4 is 11.9 Å². The summed E-state index contributed by atoms with van der Waals surface area (Å²) in [6.45, 7) is 1.06. The van der Waals surface area contributed by atoms with Crippen molar-refractivity contribution < 1.29 is 5.03 Å². The fourth-order valence-electron chi connectivity index (χ4n) is 1.19. The van der Waals surface area contributed by atoms with Gasteiger partial charge in [0, 0.05) is 39.6 Å². The molecule has 0 aliphatic rings. The van der Waals surface area contributed by atoms with E-state index in [-0.39, 0.29) is 5.96 Å². The Labute approximate surface area is 104 Å². The fraction of sp³-hybridized carbons (Fsp3) is 0.444. The number of rotatable bonds is 5. The third-order valence-corrected chi connectivity index (χ3v) is 2.05. The van der Waals surface area contributed by atoms with Crippen molar-refractivity contribution in [2.24, 2.45) is 4.99 Å². The topological polar surface area (TPSA) is 109 Å². The van der Waals surface area contributed by atoms with Crippen molar-refractivity contribution in [3.05, 3.63) is 28.6 Å². The Hall–Kier alpha value is -2.45. The van der Waals surface area contributed by atoms with Crippen LogP contribution in [0.3, 0.4) is 0 Å². The van der Waals surface area contributed by atoms with Crippen LogP contribution in [0.5, 0.6) is 0 Å². The van der Waals surface area contributed by atoms with Crippen LogP contribution in [0.2, 0.25) is 0 Å². The first-order chi connectivity index (χ1) is 8.63. The molecule has 0 spiro atoms. The zero-order valence-corrected chi connectivity index (χ0v) is 10.2. The molecule has 0 fully saturated rings. The van der Waals surface area contributed by atoms with E-state index in [0.29, 0.717) is 19.0 Å². The van der Waals surface area contributed by atoms with E-state index < -0.39 is 5.03 Å². The van der Waals surface area contributed by atoms with Crippen LogP contribution < -0.4 is 15.6 Å². The second-order valence-electron chi connectivity index (χ2n) is 3.34. The largest absolute Gasteiger partial charge is 0.350 e. The SMILES string of the molecule is CN=C(NCCN(C)c1ncccn1)N[N+](=O)[O-]. The predicted octanol–water partition coefficient (Wildman–Crippen LogP) is -0.730. The summed E-state index contributed by atoms with van der Waals surface area (Å²) >= 11 is 0. The van der Waals surface area contributed by atoms with Crippen LogP contribution in [0.4, 0.5) is 5.95 Å². The number of aromatic nitrogens is 2. The monoisotopic (exact) mass is 253 g/mol. The number of likely N-dealkylation sites (N-methyl/N-ethyl adjacent to an activating group) is 1. The minimum absolute atomic E-state index is 0.113. The summed E-state index contributed by atoms with van der Waals surface area (Å²) < 4.78 is 0. The third-order valence-electron chi connectivity index (χ3n) is 2.05. The molecule has 0 unspecified atom stereocenters. The van der Waals surface area contributed by atoms with Crippen molar-refractivity contribution in [2.75, 3.05) is 32.1 Å². The van der Waals surface area contributed by atoms with Crippen LogP contribution in [0.25, 0.3) is 0 Å². The van der Waals surface area contributed by atoms with Crippen LogP contribution >= 0.6 is 0 Å². The lowest BCUT2D eigenvalue weighted by Gasteiger charge is -2.16. The van der Waals surface area contributed by atoms with Gasteiger partial charge < -0.3 is 10.2 Å². The van der Waals surface area contributed by atoms with Crippen molar-refractivity contribution in [3.8, 4) is 0 Å². The molecule has 1 aromatic heterocycles. The molecular weight excluding hydrogens is 238 g/mol. The third kappa shape index (κ3) is 4.60. The smallest absolute Gasteiger partial charge is 0.254 e. The molecule has 9 nitrogen and oxygen atoms in total. The molecule has 0 radical (unpaired) electrons. The molecular formula is C9H15N7O2. The molecule has 0 bridgehead atoms. The highest BCUT2D eigenvalue weighted by Crippen LogP contribution is 1.99. The molecule has 0 saturated carbocycles. The van der Waals surface area contributed by atoms with E-state index in [1.807, 2.05) is 17.4 Å². The summed E-state index contributed by atoms with van der Waals surface area (Å²) in [6, 6.07) is 1.73. The number of guanidine groups is 1. The highest BCUT2D eigenvalue weighted by atomic mass is 16.7. The molecule has 0 aliphatic heterocycles. The van der Waals surface area contributed by atoms with Crippen molar-refractivity contribution in [1.29, 1.82) is 0 Å². The first-order valence-corrected chi connectivity index (χ1v) is 5.23. The summed E-state index contributed by atoms with van der Waals surface area (Å²) in [4.78, 5) is 23.9. The lowest BCUT2D eigenvalue weighted by molar-refractivity contribution is -0.525. The zero-order chi connectivity index (χ0) is 13.4. The minimum Gasteiger partial charge on any atom is -0.350 e. The summed E-state index contributed by atoms with van der Waals surface area (Å²) in [7, 11) is 3.30. The lowest BCUT2D eigenvalue weighted by atomic mass is 10.5. The van der Waals surface area contributed by atoms with Crippen LogP contribution in [0, 0.1) is 10.1 Å². The molecule has 1 rings (SSSR count). The Morgan fingerprint density at radius 1 is 1.56 bits per heavy atom. The van der Waals surface area contributed by atoms with Crippen molar-refractivity contribution in [1.82, 2.24) is 20.7 Å². The molecule has 0 atom stereocenters. The molecule has 98 valence electrons. The van der Waals surface area contributed by atoms with Gasteiger partial charge in [-0.15, -0.1) is 0 Å². The Morgan fingerprint density at radius 3 is 2.78 bits per heavy atom. The van der Waals surface area contributed by atoms with E-state index in [0.717, 1.165) is 0 Å². The normalized spacial score (nSPS) is 10.9. The van der Waals surface area contributed by atoms with Gasteiger partial charge in [-0.05, 0) is 6.07 Å². The standard InChI is InChI=1S/C9H15N7O2/c1-10-8(14-16(17)18)11-6-7-15(2)9-12-4-3-5-13-9/h3-5H,6-7H2,1-2H3,(H2,10,11,14). The number of nitrogens with one attached hydrogen (secondary N) is 2. The average Bonchev–Trinajstić information content (AvgIpc) is 2.38. The second kappa shape index (κ2) is 6.99. The number of hydrogen-bond acceptors (Lipinski definition) is 6. The van der Waals surface area contributed by atoms with Crippen LogP contribution in [0.15, 0.2) is 23.5 Å². The lowest BCUT2D eigenvalue weighted by Crippen LogP contribution is -2.43. The zero-order valence-electron chi connectivity index (χ0n) is 10.2. The molecule has 0 aromatic carbocycles. The molecule has 1 heterocycles. The van der Waals surface area contributed by atoms with Crippen LogP contribution in [-0.2, 0) is 0 Å². The van der Waals surface area contributed by atoms with Gasteiger partial charge >= 0.3 is 0 Å². The molecule has 0 amide bonds. The molecule has 0 saturated heterocycles. The highest BCUT2D eigenvalue weighted by molar-refractivity contribution is 5.78. The molecule has 9 heteroatoms. The molecule has 18 heavy (non-hydrogen) atoms. The van der Waals surface area contributed by atoms with E-state index in [1.165, 1.54) is 7.05 Å². The van der Waals surface area contributed by atoms with Gasteiger partial charge in [0.2, 0.25) is 5.95 Å². The van der Waals surface area contributed by atoms with Gasteiger partial charge in [0.05, 0.1) is 0 Å². The summed E-state index contributed by atoms with van der Waals surface area (Å²) in [5, 5.41) is 12.4. The van der Waals surface area contributed by atoms with E-state index >= 15 is 0 Å². The maximum Gasteiger partial charge on any atom is 0.254 e. The summed E-state index contributed by atoms with van der Waals surface area (Å²) in [6.07, 6.45) is 3.30. The van der Waals surface area contributed by atoms with Crippen LogP contribution in [-0.4, -0.2) is 48.1 Å². The Bertz CT molecular complexity index is 409. The number of nitro groups is 1. The molecule has 1 aromatic rings. The Kier molecular flexibility index (Phi) is 5.29. The maximum atomic E-state index is 10.2. The van der Waals surface area contributed by atoms with Gasteiger partial charge in [-0.25, -0.2) is 20.1 Å². The quantitative estimate of drug-likeness (QED) is 0.308. The summed E-state index contributed by atoms with van der Waals surface area (Å²) in [5.74, 6) is 0.707. The Balaban J connectivity index is 2.35. The van der Waals surface area contributed by atoms with Crippen molar-refractivity contribution in [2.45, 2.75) is 0 Å². The van der Waals surface area contributed by atoms with Gasteiger partial charge in [0.15, 0.2) is 5.03 Å². The van der Waals surface area contributed by atoms with Gasteiger partial charge in [-0.3, -0.25) is 4.99 Å². The number of aliphatic imine (C=N–C) groups is 1. The van der Waals surface area contributed by atoms with Crippen molar-refractivity contribution in [3.63, 3.8) is 0 Å². The van der Waals surface area contributed by atoms with E-state index in [2.05, 4.69) is 20.3 Å².